The second kappa shape index (κ2) is 9.19. The van der Waals surface area contributed by atoms with E-state index >= 15 is 0 Å². The summed E-state index contributed by atoms with van der Waals surface area (Å²) in [6, 6.07) is 14.1. The van der Waals surface area contributed by atoms with Crippen molar-refractivity contribution in [1.82, 2.24) is 29.2 Å². The lowest BCUT2D eigenvalue weighted by atomic mass is 10.1. The molecule has 3 aromatic heterocycles. The van der Waals surface area contributed by atoms with Gasteiger partial charge in [0, 0.05) is 60.4 Å². The highest BCUT2D eigenvalue weighted by Gasteiger charge is 2.14. The summed E-state index contributed by atoms with van der Waals surface area (Å²) in [6.45, 7) is 3.06. The molecule has 5 rings (SSSR count). The molecule has 178 valence electrons. The first-order valence-corrected chi connectivity index (χ1v) is 11.5. The predicted molar refractivity (Wildman–Crippen MR) is 140 cm³/mol. The quantitative estimate of drug-likeness (QED) is 0.371. The lowest BCUT2D eigenvalue weighted by molar-refractivity contribution is -0.114. The van der Waals surface area contributed by atoms with E-state index in [-0.39, 0.29) is 5.91 Å². The number of rotatable bonds is 7. The molecule has 9 heteroatoms. The lowest BCUT2D eigenvalue weighted by Crippen LogP contribution is -2.19. The Balaban J connectivity index is 1.50. The second-order valence-electron chi connectivity index (χ2n) is 8.88. The second-order valence-corrected chi connectivity index (χ2v) is 8.88. The van der Waals surface area contributed by atoms with Crippen LogP contribution in [-0.4, -0.2) is 55.8 Å². The van der Waals surface area contributed by atoms with Gasteiger partial charge in [-0.1, -0.05) is 18.2 Å². The molecule has 5 aromatic rings. The van der Waals surface area contributed by atoms with E-state index in [0.717, 1.165) is 45.3 Å². The number of amides is 1. The van der Waals surface area contributed by atoms with Crippen LogP contribution in [0.2, 0.25) is 0 Å². The fraction of sp³-hybridized carbons (Fsp3) is 0.231. The van der Waals surface area contributed by atoms with Gasteiger partial charge in [-0.2, -0.15) is 5.10 Å². The molecule has 2 aromatic carbocycles. The Labute approximate surface area is 203 Å². The number of carbonyl (C=O) groups excluding carboxylic acids is 1. The van der Waals surface area contributed by atoms with Crippen molar-refractivity contribution in [2.45, 2.75) is 13.5 Å². The van der Waals surface area contributed by atoms with Gasteiger partial charge in [-0.3, -0.25) is 9.48 Å². The minimum atomic E-state index is -0.141. The standard InChI is InChI=1S/C26H28N8O/c1-17(35)29-23-14-19(13-18-15-28-34(25(18)23)12-11-32(2)3)30-26-27-10-9-22(31-26)21-16-33(4)24-8-6-5-7-20(21)24/h5-10,13-16H,11-12H2,1-4H3,(H,29,35)(H,27,30,31). The van der Waals surface area contributed by atoms with Crippen molar-refractivity contribution in [1.29, 1.82) is 0 Å². The number of hydrogen-bond acceptors (Lipinski definition) is 6. The van der Waals surface area contributed by atoms with Crippen LogP contribution >= 0.6 is 0 Å². The Hall–Kier alpha value is -4.24. The Bertz CT molecular complexity index is 1530. The molecule has 0 aliphatic heterocycles. The van der Waals surface area contributed by atoms with Gasteiger partial charge in [0.1, 0.15) is 0 Å². The lowest BCUT2D eigenvalue weighted by Gasteiger charge is -2.14. The summed E-state index contributed by atoms with van der Waals surface area (Å²) in [5.41, 5.74) is 5.37. The van der Waals surface area contributed by atoms with Crippen molar-refractivity contribution in [2.75, 3.05) is 31.3 Å². The largest absolute Gasteiger partial charge is 0.350 e. The molecule has 2 N–H and O–H groups in total. The highest BCUT2D eigenvalue weighted by Crippen LogP contribution is 2.31. The number of aromatic nitrogens is 5. The van der Waals surface area contributed by atoms with Gasteiger partial charge in [0.15, 0.2) is 0 Å². The van der Waals surface area contributed by atoms with Crippen molar-refractivity contribution in [3.05, 3.63) is 61.1 Å². The summed E-state index contributed by atoms with van der Waals surface area (Å²) in [6.07, 6.45) is 5.65. The monoisotopic (exact) mass is 468 g/mol. The molecule has 0 aliphatic rings. The Kier molecular flexibility index (Phi) is 5.92. The number of nitrogens with zero attached hydrogens (tertiary/aromatic N) is 6. The van der Waals surface area contributed by atoms with Crippen LogP contribution in [0.1, 0.15) is 6.92 Å². The summed E-state index contributed by atoms with van der Waals surface area (Å²) in [7, 11) is 6.08. The first kappa shape index (κ1) is 22.5. The number of benzene rings is 2. The van der Waals surface area contributed by atoms with Gasteiger partial charge in [0.25, 0.3) is 0 Å². The number of carbonyl (C=O) groups is 1. The topological polar surface area (TPSA) is 92.9 Å². The molecule has 0 radical (unpaired) electrons. The van der Waals surface area contributed by atoms with E-state index in [9.17, 15) is 4.79 Å². The zero-order valence-electron chi connectivity index (χ0n) is 20.3. The number of anilines is 3. The molecule has 1 amide bonds. The van der Waals surface area contributed by atoms with Crippen LogP contribution in [0.3, 0.4) is 0 Å². The van der Waals surface area contributed by atoms with Crippen molar-refractivity contribution in [3.8, 4) is 11.3 Å². The first-order valence-electron chi connectivity index (χ1n) is 11.5. The average Bonchev–Trinajstić information content (AvgIpc) is 3.39. The third-order valence-electron chi connectivity index (χ3n) is 5.89. The molecule has 3 heterocycles. The van der Waals surface area contributed by atoms with Crippen molar-refractivity contribution >= 4 is 45.0 Å². The van der Waals surface area contributed by atoms with Gasteiger partial charge in [0.05, 0.1) is 29.6 Å². The molecule has 35 heavy (non-hydrogen) atoms. The maximum atomic E-state index is 11.9. The van der Waals surface area contributed by atoms with E-state index in [2.05, 4.69) is 48.5 Å². The zero-order chi connectivity index (χ0) is 24.5. The third kappa shape index (κ3) is 4.58. The Morgan fingerprint density at radius 3 is 2.77 bits per heavy atom. The highest BCUT2D eigenvalue weighted by molar-refractivity contribution is 6.02. The number of likely N-dealkylation sites (N-methyl/N-ethyl adjacent to an activating group) is 1. The van der Waals surface area contributed by atoms with Gasteiger partial charge < -0.3 is 20.1 Å². The van der Waals surface area contributed by atoms with Gasteiger partial charge in [-0.15, -0.1) is 0 Å². The van der Waals surface area contributed by atoms with Gasteiger partial charge in [-0.05, 0) is 38.4 Å². The van der Waals surface area contributed by atoms with Gasteiger partial charge >= 0.3 is 0 Å². The van der Waals surface area contributed by atoms with Crippen LogP contribution in [0, 0.1) is 0 Å². The van der Waals surface area contributed by atoms with E-state index < -0.39 is 0 Å². The minimum absolute atomic E-state index is 0.141. The summed E-state index contributed by atoms with van der Waals surface area (Å²) in [5.74, 6) is 0.335. The molecule has 0 atom stereocenters. The van der Waals surface area contributed by atoms with E-state index in [1.54, 1.807) is 6.20 Å². The number of nitrogens with one attached hydrogen (secondary N) is 2. The van der Waals surface area contributed by atoms with E-state index in [4.69, 9.17) is 4.98 Å². The zero-order valence-corrected chi connectivity index (χ0v) is 20.3. The predicted octanol–water partition coefficient (Wildman–Crippen LogP) is 4.25. The molecule has 9 nitrogen and oxygen atoms in total. The Morgan fingerprint density at radius 2 is 1.97 bits per heavy atom. The van der Waals surface area contributed by atoms with Gasteiger partial charge in [-0.25, -0.2) is 9.97 Å². The van der Waals surface area contributed by atoms with E-state index in [1.807, 2.05) is 62.4 Å². The number of para-hydroxylation sites is 1. The summed E-state index contributed by atoms with van der Waals surface area (Å²) >= 11 is 0. The van der Waals surface area contributed by atoms with Crippen LogP contribution in [0.15, 0.2) is 61.1 Å². The molecule has 0 bridgehead atoms. The highest BCUT2D eigenvalue weighted by atomic mass is 16.1. The molecule has 0 aliphatic carbocycles. The maximum Gasteiger partial charge on any atom is 0.227 e. The normalized spacial score (nSPS) is 11.5. The molecule has 0 saturated heterocycles. The SMILES string of the molecule is CC(=O)Nc1cc(Nc2nccc(-c3cn(C)c4ccccc34)n2)cc2cnn(CCN(C)C)c12. The average molecular weight is 469 g/mol. The van der Waals surface area contributed by atoms with Gasteiger partial charge in [0.2, 0.25) is 11.9 Å². The van der Waals surface area contributed by atoms with Crippen LogP contribution in [-0.2, 0) is 18.4 Å². The van der Waals surface area contributed by atoms with Crippen molar-refractivity contribution in [2.24, 2.45) is 7.05 Å². The van der Waals surface area contributed by atoms with Crippen molar-refractivity contribution in [3.63, 3.8) is 0 Å². The minimum Gasteiger partial charge on any atom is -0.350 e. The fourth-order valence-electron chi connectivity index (χ4n) is 4.30. The molecule has 0 fully saturated rings. The van der Waals surface area contributed by atoms with E-state index in [0.29, 0.717) is 18.2 Å². The van der Waals surface area contributed by atoms with E-state index in [1.165, 1.54) is 6.92 Å². The summed E-state index contributed by atoms with van der Waals surface area (Å²) in [5, 5.41) is 12.9. The molecule has 0 spiro atoms. The molecular formula is C26H28N8O. The molecular weight excluding hydrogens is 440 g/mol. The smallest absolute Gasteiger partial charge is 0.227 e. The van der Waals surface area contributed by atoms with Crippen LogP contribution in [0.4, 0.5) is 17.3 Å². The van der Waals surface area contributed by atoms with Crippen LogP contribution in [0.25, 0.3) is 33.1 Å². The molecule has 0 unspecified atom stereocenters. The van der Waals surface area contributed by atoms with Crippen LogP contribution < -0.4 is 10.6 Å². The number of aryl methyl sites for hydroxylation is 1. The number of hydrogen-bond donors (Lipinski definition) is 2. The summed E-state index contributed by atoms with van der Waals surface area (Å²) in [4.78, 5) is 23.2. The fourth-order valence-corrected chi connectivity index (χ4v) is 4.30. The van der Waals surface area contributed by atoms with Crippen LogP contribution in [0.5, 0.6) is 0 Å². The molecule has 0 saturated carbocycles. The first-order chi connectivity index (χ1) is 16.9. The summed E-state index contributed by atoms with van der Waals surface area (Å²) < 4.78 is 4.02. The Morgan fingerprint density at radius 1 is 1.14 bits per heavy atom. The maximum absolute atomic E-state index is 11.9. The third-order valence-corrected chi connectivity index (χ3v) is 5.89. The van der Waals surface area contributed by atoms with Crippen molar-refractivity contribution < 1.29 is 4.79 Å². The number of fused-ring (bicyclic) bond motifs is 2.